The zero-order chi connectivity index (χ0) is 17.6. The number of hydrogen-bond donors (Lipinski definition) is 1. The summed E-state index contributed by atoms with van der Waals surface area (Å²) in [5.41, 5.74) is 2.47. The first-order chi connectivity index (χ1) is 12.1. The van der Waals surface area contributed by atoms with E-state index >= 15 is 0 Å². The number of nitrogens with zero attached hydrogens (tertiary/aromatic N) is 1. The van der Waals surface area contributed by atoms with E-state index in [1.807, 2.05) is 55.5 Å². The van der Waals surface area contributed by atoms with Crippen molar-refractivity contribution in [3.63, 3.8) is 0 Å². The summed E-state index contributed by atoms with van der Waals surface area (Å²) in [4.78, 5) is 26.0. The third-order valence-corrected chi connectivity index (χ3v) is 4.22. The number of carbonyl (C=O) groups is 2. The van der Waals surface area contributed by atoms with E-state index in [4.69, 9.17) is 4.74 Å². The Bertz CT molecular complexity index is 773. The van der Waals surface area contributed by atoms with Gasteiger partial charge in [0, 0.05) is 24.3 Å². The molecule has 2 aromatic carbocycles. The van der Waals surface area contributed by atoms with Gasteiger partial charge >= 0.3 is 0 Å². The molecule has 0 radical (unpaired) electrons. The molecule has 1 fully saturated rings. The number of aryl methyl sites for hydroxylation is 1. The summed E-state index contributed by atoms with van der Waals surface area (Å²) in [6.07, 6.45) is 2.54. The van der Waals surface area contributed by atoms with Gasteiger partial charge in [-0.2, -0.15) is 0 Å². The molecule has 0 spiro atoms. The minimum atomic E-state index is -0.231. The highest BCUT2D eigenvalue weighted by Gasteiger charge is 2.19. The molecule has 0 aromatic heterocycles. The fraction of sp³-hybridized carbons (Fsp3) is 0.300. The molecule has 0 aliphatic carbocycles. The minimum absolute atomic E-state index is 0.0578. The van der Waals surface area contributed by atoms with Gasteiger partial charge in [-0.3, -0.25) is 9.59 Å². The van der Waals surface area contributed by atoms with Crippen molar-refractivity contribution in [3.05, 3.63) is 54.1 Å². The molecule has 2 amide bonds. The summed E-state index contributed by atoms with van der Waals surface area (Å²) in [7, 11) is 0. The van der Waals surface area contributed by atoms with Gasteiger partial charge in [-0.15, -0.1) is 0 Å². The largest absolute Gasteiger partial charge is 0.483 e. The van der Waals surface area contributed by atoms with E-state index < -0.39 is 0 Å². The molecule has 0 unspecified atom stereocenters. The number of carbonyl (C=O) groups excluding carboxylic acids is 2. The molecule has 3 rings (SSSR count). The van der Waals surface area contributed by atoms with Gasteiger partial charge in [0.05, 0.1) is 0 Å². The van der Waals surface area contributed by atoms with Crippen molar-refractivity contribution in [2.24, 2.45) is 0 Å². The van der Waals surface area contributed by atoms with Crippen LogP contribution in [0.2, 0.25) is 0 Å². The number of benzene rings is 2. The third-order valence-electron chi connectivity index (χ3n) is 4.22. The molecule has 0 bridgehead atoms. The number of para-hydroxylation sites is 1. The first kappa shape index (κ1) is 17.0. The number of nitrogens with one attached hydrogen (secondary N) is 1. The molecule has 1 aliphatic rings. The summed E-state index contributed by atoms with van der Waals surface area (Å²) in [5, 5.41) is 2.82. The summed E-state index contributed by atoms with van der Waals surface area (Å²) in [6, 6.07) is 14.9. The quantitative estimate of drug-likeness (QED) is 0.907. The van der Waals surface area contributed by atoms with Crippen LogP contribution >= 0.6 is 0 Å². The summed E-state index contributed by atoms with van der Waals surface area (Å²) in [5.74, 6) is 0.605. The first-order valence-corrected chi connectivity index (χ1v) is 8.52. The SMILES string of the molecule is Cc1ccccc1OCC(=O)Nc1cccc(N2CCCCC2=O)c1. The van der Waals surface area contributed by atoms with Crippen LogP contribution in [0.15, 0.2) is 48.5 Å². The summed E-state index contributed by atoms with van der Waals surface area (Å²) < 4.78 is 5.56. The lowest BCUT2D eigenvalue weighted by Gasteiger charge is -2.27. The Morgan fingerprint density at radius 1 is 1.16 bits per heavy atom. The molecular formula is C20H22N2O3. The molecule has 5 heteroatoms. The average Bonchev–Trinajstić information content (AvgIpc) is 2.62. The van der Waals surface area contributed by atoms with E-state index in [-0.39, 0.29) is 18.4 Å². The number of ether oxygens (including phenoxy) is 1. The monoisotopic (exact) mass is 338 g/mol. The topological polar surface area (TPSA) is 58.6 Å². The van der Waals surface area contributed by atoms with Crippen LogP contribution in [0.1, 0.15) is 24.8 Å². The predicted molar refractivity (Wildman–Crippen MR) is 97.9 cm³/mol. The van der Waals surface area contributed by atoms with Crippen LogP contribution in [0.5, 0.6) is 5.75 Å². The van der Waals surface area contributed by atoms with Gasteiger partial charge in [0.15, 0.2) is 6.61 Å². The van der Waals surface area contributed by atoms with Crippen LogP contribution in [-0.2, 0) is 9.59 Å². The van der Waals surface area contributed by atoms with Crippen molar-refractivity contribution in [2.75, 3.05) is 23.4 Å². The van der Waals surface area contributed by atoms with Crippen LogP contribution in [0.4, 0.5) is 11.4 Å². The Morgan fingerprint density at radius 2 is 2.00 bits per heavy atom. The highest BCUT2D eigenvalue weighted by molar-refractivity contribution is 5.96. The standard InChI is InChI=1S/C20H22N2O3/c1-15-7-2-3-10-18(15)25-14-19(23)21-16-8-6-9-17(13-16)22-12-5-4-11-20(22)24/h2-3,6-10,13H,4-5,11-12,14H2,1H3,(H,21,23). The van der Waals surface area contributed by atoms with Gasteiger partial charge in [-0.1, -0.05) is 24.3 Å². The molecule has 1 N–H and O–H groups in total. The van der Waals surface area contributed by atoms with E-state index in [9.17, 15) is 9.59 Å². The van der Waals surface area contributed by atoms with Gasteiger partial charge in [-0.25, -0.2) is 0 Å². The van der Waals surface area contributed by atoms with Crippen molar-refractivity contribution in [3.8, 4) is 5.75 Å². The second-order valence-corrected chi connectivity index (χ2v) is 6.16. The molecule has 25 heavy (non-hydrogen) atoms. The fourth-order valence-electron chi connectivity index (χ4n) is 2.89. The normalized spacial score (nSPS) is 14.3. The number of anilines is 2. The minimum Gasteiger partial charge on any atom is -0.483 e. The third kappa shape index (κ3) is 4.38. The summed E-state index contributed by atoms with van der Waals surface area (Å²) >= 11 is 0. The second-order valence-electron chi connectivity index (χ2n) is 6.16. The number of rotatable bonds is 5. The Balaban J connectivity index is 1.61. The molecule has 5 nitrogen and oxygen atoms in total. The highest BCUT2D eigenvalue weighted by Crippen LogP contribution is 2.24. The van der Waals surface area contributed by atoms with Crippen molar-refractivity contribution >= 4 is 23.2 Å². The van der Waals surface area contributed by atoms with E-state index in [0.29, 0.717) is 17.9 Å². The highest BCUT2D eigenvalue weighted by atomic mass is 16.5. The Hall–Kier alpha value is -2.82. The molecular weight excluding hydrogens is 316 g/mol. The van der Waals surface area contributed by atoms with Gasteiger partial charge in [-0.05, 0) is 49.6 Å². The Labute approximate surface area is 147 Å². The molecule has 1 aliphatic heterocycles. The maximum absolute atomic E-state index is 12.1. The number of piperidine rings is 1. The van der Waals surface area contributed by atoms with Crippen molar-refractivity contribution in [1.82, 2.24) is 0 Å². The van der Waals surface area contributed by atoms with E-state index in [2.05, 4.69) is 5.32 Å². The lowest BCUT2D eigenvalue weighted by atomic mass is 10.1. The number of hydrogen-bond acceptors (Lipinski definition) is 3. The van der Waals surface area contributed by atoms with Gasteiger partial charge in [0.2, 0.25) is 5.91 Å². The van der Waals surface area contributed by atoms with Crippen molar-refractivity contribution in [2.45, 2.75) is 26.2 Å². The van der Waals surface area contributed by atoms with Crippen LogP contribution < -0.4 is 15.0 Å². The van der Waals surface area contributed by atoms with E-state index in [1.165, 1.54) is 0 Å². The zero-order valence-corrected chi connectivity index (χ0v) is 14.3. The van der Waals surface area contributed by atoms with Crippen LogP contribution in [0, 0.1) is 6.92 Å². The molecule has 0 atom stereocenters. The second kappa shape index (κ2) is 7.83. The lowest BCUT2D eigenvalue weighted by Crippen LogP contribution is -2.35. The van der Waals surface area contributed by atoms with E-state index in [0.717, 1.165) is 30.6 Å². The predicted octanol–water partition coefficient (Wildman–Crippen LogP) is 3.53. The van der Waals surface area contributed by atoms with Crippen LogP contribution in [0.3, 0.4) is 0 Å². The van der Waals surface area contributed by atoms with Crippen molar-refractivity contribution < 1.29 is 14.3 Å². The van der Waals surface area contributed by atoms with Gasteiger partial charge < -0.3 is 15.0 Å². The molecule has 1 saturated heterocycles. The molecule has 1 heterocycles. The van der Waals surface area contributed by atoms with Crippen LogP contribution in [0.25, 0.3) is 0 Å². The average molecular weight is 338 g/mol. The number of amides is 2. The maximum Gasteiger partial charge on any atom is 0.262 e. The first-order valence-electron chi connectivity index (χ1n) is 8.52. The van der Waals surface area contributed by atoms with Crippen molar-refractivity contribution in [1.29, 1.82) is 0 Å². The smallest absolute Gasteiger partial charge is 0.262 e. The Morgan fingerprint density at radius 3 is 2.80 bits per heavy atom. The molecule has 2 aromatic rings. The fourth-order valence-corrected chi connectivity index (χ4v) is 2.89. The molecule has 0 saturated carbocycles. The zero-order valence-electron chi connectivity index (χ0n) is 14.3. The molecule has 130 valence electrons. The van der Waals surface area contributed by atoms with E-state index in [1.54, 1.807) is 4.90 Å². The van der Waals surface area contributed by atoms with Crippen LogP contribution in [-0.4, -0.2) is 25.0 Å². The maximum atomic E-state index is 12.1. The van der Waals surface area contributed by atoms with Gasteiger partial charge in [0.1, 0.15) is 5.75 Å². The lowest BCUT2D eigenvalue weighted by molar-refractivity contribution is -0.119. The Kier molecular flexibility index (Phi) is 5.33. The van der Waals surface area contributed by atoms with Gasteiger partial charge in [0.25, 0.3) is 5.91 Å². The summed E-state index contributed by atoms with van der Waals surface area (Å²) in [6.45, 7) is 2.61.